The number of aromatic nitrogens is 3. The van der Waals surface area contributed by atoms with Gasteiger partial charge in [-0.05, 0) is 26.0 Å². The molecule has 0 aliphatic heterocycles. The highest BCUT2D eigenvalue weighted by Crippen LogP contribution is 2.22. The number of aryl methyl sites for hydroxylation is 2. The van der Waals surface area contributed by atoms with Crippen molar-refractivity contribution in [3.8, 4) is 11.5 Å². The quantitative estimate of drug-likeness (QED) is 0.778. The van der Waals surface area contributed by atoms with Crippen LogP contribution in [-0.2, 0) is 19.4 Å². The molecule has 0 amide bonds. The van der Waals surface area contributed by atoms with Crippen LogP contribution in [0.25, 0.3) is 11.5 Å². The van der Waals surface area contributed by atoms with Crippen LogP contribution in [0.2, 0.25) is 0 Å². The number of hydrogen-bond acceptors (Lipinski definition) is 4. The Morgan fingerprint density at radius 1 is 1.32 bits per heavy atom. The van der Waals surface area contributed by atoms with Gasteiger partial charge < -0.3 is 9.73 Å². The molecule has 0 unspecified atom stereocenters. The lowest BCUT2D eigenvalue weighted by molar-refractivity contribution is 0.491. The van der Waals surface area contributed by atoms with Crippen molar-refractivity contribution in [1.82, 2.24) is 20.1 Å². The minimum Gasteiger partial charge on any atom is -0.439 e. The minimum absolute atomic E-state index is 0.776. The predicted molar refractivity (Wildman–Crippen MR) is 75.0 cm³/mol. The second-order valence-corrected chi connectivity index (χ2v) is 4.41. The first-order chi connectivity index (χ1) is 9.28. The van der Waals surface area contributed by atoms with E-state index in [1.807, 2.05) is 4.68 Å². The van der Waals surface area contributed by atoms with E-state index in [0.29, 0.717) is 0 Å². The highest BCUT2D eigenvalue weighted by Gasteiger charge is 2.12. The van der Waals surface area contributed by atoms with E-state index in [2.05, 4.69) is 42.2 Å². The first kappa shape index (κ1) is 13.8. The molecule has 0 aromatic carbocycles. The van der Waals surface area contributed by atoms with E-state index in [1.54, 1.807) is 6.20 Å². The van der Waals surface area contributed by atoms with Gasteiger partial charge in [0.1, 0.15) is 5.69 Å². The normalized spacial score (nSPS) is 11.1. The third-order valence-electron chi connectivity index (χ3n) is 3.06. The molecular formula is C14H22N4O. The molecule has 0 aliphatic rings. The Kier molecular flexibility index (Phi) is 4.74. The zero-order valence-corrected chi connectivity index (χ0v) is 11.9. The van der Waals surface area contributed by atoms with E-state index in [4.69, 9.17) is 4.42 Å². The van der Waals surface area contributed by atoms with Gasteiger partial charge >= 0.3 is 0 Å². The fourth-order valence-corrected chi connectivity index (χ4v) is 2.00. The van der Waals surface area contributed by atoms with Crippen molar-refractivity contribution in [3.05, 3.63) is 23.8 Å². The molecule has 0 saturated heterocycles. The van der Waals surface area contributed by atoms with Crippen LogP contribution in [0.4, 0.5) is 0 Å². The highest BCUT2D eigenvalue weighted by molar-refractivity contribution is 5.52. The first-order valence-electron chi connectivity index (χ1n) is 7.01. The Bertz CT molecular complexity index is 515. The van der Waals surface area contributed by atoms with Gasteiger partial charge in [0.05, 0.1) is 11.9 Å². The van der Waals surface area contributed by atoms with Crippen LogP contribution in [0.3, 0.4) is 0 Å². The van der Waals surface area contributed by atoms with Crippen LogP contribution in [0, 0.1) is 0 Å². The van der Waals surface area contributed by atoms with Gasteiger partial charge in [0.25, 0.3) is 0 Å². The van der Waals surface area contributed by atoms with Gasteiger partial charge in [-0.15, -0.1) is 0 Å². The predicted octanol–water partition coefficient (Wildman–Crippen LogP) is 2.27. The molecule has 104 valence electrons. The summed E-state index contributed by atoms with van der Waals surface area (Å²) in [7, 11) is 0. The average molecular weight is 262 g/mol. The summed E-state index contributed by atoms with van der Waals surface area (Å²) in [5.41, 5.74) is 2.10. The summed E-state index contributed by atoms with van der Waals surface area (Å²) in [4.78, 5) is 4.33. The Morgan fingerprint density at radius 3 is 2.84 bits per heavy atom. The molecule has 2 rings (SSSR count). The maximum atomic E-state index is 5.80. The zero-order valence-electron chi connectivity index (χ0n) is 11.9. The van der Waals surface area contributed by atoms with Crippen molar-refractivity contribution in [1.29, 1.82) is 0 Å². The monoisotopic (exact) mass is 262 g/mol. The van der Waals surface area contributed by atoms with Crippen molar-refractivity contribution in [2.24, 2.45) is 0 Å². The van der Waals surface area contributed by atoms with Crippen LogP contribution >= 0.6 is 0 Å². The van der Waals surface area contributed by atoms with E-state index < -0.39 is 0 Å². The van der Waals surface area contributed by atoms with Crippen LogP contribution < -0.4 is 5.32 Å². The van der Waals surface area contributed by atoms with Gasteiger partial charge in [-0.2, -0.15) is 5.10 Å². The largest absolute Gasteiger partial charge is 0.439 e. The molecule has 0 saturated carbocycles. The number of likely N-dealkylation sites (N-methyl/N-ethyl adjacent to an activating group) is 1. The number of hydrogen-bond donors (Lipinski definition) is 1. The number of rotatable bonds is 7. The van der Waals surface area contributed by atoms with Crippen molar-refractivity contribution in [2.75, 3.05) is 13.1 Å². The maximum Gasteiger partial charge on any atom is 0.196 e. The SMILES string of the molecule is CCNCCc1ncc(-c2cc(CC)nn2CC)o1. The molecule has 0 aliphatic carbocycles. The molecule has 5 heteroatoms. The second-order valence-electron chi connectivity index (χ2n) is 4.41. The van der Waals surface area contributed by atoms with E-state index in [1.165, 1.54) is 0 Å². The molecule has 19 heavy (non-hydrogen) atoms. The van der Waals surface area contributed by atoms with E-state index >= 15 is 0 Å². The van der Waals surface area contributed by atoms with Gasteiger partial charge in [0, 0.05) is 19.5 Å². The van der Waals surface area contributed by atoms with Crippen LogP contribution in [0.1, 0.15) is 32.4 Å². The van der Waals surface area contributed by atoms with Gasteiger partial charge in [-0.3, -0.25) is 4.68 Å². The van der Waals surface area contributed by atoms with Gasteiger partial charge in [-0.25, -0.2) is 4.98 Å². The van der Waals surface area contributed by atoms with E-state index in [-0.39, 0.29) is 0 Å². The lowest BCUT2D eigenvalue weighted by Crippen LogP contribution is -2.16. The smallest absolute Gasteiger partial charge is 0.196 e. The molecule has 0 bridgehead atoms. The molecule has 2 aromatic heterocycles. The number of nitrogens with zero attached hydrogens (tertiary/aromatic N) is 3. The first-order valence-corrected chi connectivity index (χ1v) is 7.01. The van der Waals surface area contributed by atoms with Crippen molar-refractivity contribution < 1.29 is 4.42 Å². The molecule has 0 radical (unpaired) electrons. The summed E-state index contributed by atoms with van der Waals surface area (Å²) in [5.74, 6) is 1.58. The fourth-order valence-electron chi connectivity index (χ4n) is 2.00. The number of oxazole rings is 1. The van der Waals surface area contributed by atoms with Crippen molar-refractivity contribution in [3.63, 3.8) is 0 Å². The van der Waals surface area contributed by atoms with Gasteiger partial charge in [0.2, 0.25) is 0 Å². The molecule has 0 atom stereocenters. The highest BCUT2D eigenvalue weighted by atomic mass is 16.4. The summed E-state index contributed by atoms with van der Waals surface area (Å²) in [6.45, 7) is 8.97. The molecular weight excluding hydrogens is 240 g/mol. The summed E-state index contributed by atoms with van der Waals surface area (Å²) in [6.07, 6.45) is 3.54. The lowest BCUT2D eigenvalue weighted by atomic mass is 10.3. The maximum absolute atomic E-state index is 5.80. The van der Waals surface area contributed by atoms with Crippen molar-refractivity contribution in [2.45, 2.75) is 40.2 Å². The molecule has 2 aromatic rings. The van der Waals surface area contributed by atoms with Crippen molar-refractivity contribution >= 4 is 0 Å². The Morgan fingerprint density at radius 2 is 2.16 bits per heavy atom. The third-order valence-corrected chi connectivity index (χ3v) is 3.06. The topological polar surface area (TPSA) is 55.9 Å². The van der Waals surface area contributed by atoms with Gasteiger partial charge in [0.15, 0.2) is 11.7 Å². The molecule has 0 fully saturated rings. The summed E-state index contributed by atoms with van der Waals surface area (Å²) in [5, 5.41) is 7.79. The lowest BCUT2D eigenvalue weighted by Gasteiger charge is -2.00. The van der Waals surface area contributed by atoms with E-state index in [0.717, 1.165) is 55.5 Å². The second kappa shape index (κ2) is 6.52. The average Bonchev–Trinajstić information content (AvgIpc) is 3.04. The van der Waals surface area contributed by atoms with Crippen LogP contribution in [0.5, 0.6) is 0 Å². The summed E-state index contributed by atoms with van der Waals surface area (Å²) >= 11 is 0. The Hall–Kier alpha value is -1.62. The Balaban J connectivity index is 2.15. The molecule has 1 N–H and O–H groups in total. The van der Waals surface area contributed by atoms with Crippen LogP contribution in [-0.4, -0.2) is 27.9 Å². The van der Waals surface area contributed by atoms with E-state index in [9.17, 15) is 0 Å². The number of nitrogens with one attached hydrogen (secondary N) is 1. The zero-order chi connectivity index (χ0) is 13.7. The Labute approximate surface area is 114 Å². The molecule has 2 heterocycles. The summed E-state index contributed by atoms with van der Waals surface area (Å²) in [6, 6.07) is 2.08. The van der Waals surface area contributed by atoms with Crippen LogP contribution in [0.15, 0.2) is 16.7 Å². The standard InChI is InChI=1S/C14H22N4O/c1-4-11-9-12(18(6-3)17-11)13-10-16-14(19-13)7-8-15-5-2/h9-10,15H,4-8H2,1-3H3. The van der Waals surface area contributed by atoms with Gasteiger partial charge in [-0.1, -0.05) is 13.8 Å². The summed E-state index contributed by atoms with van der Waals surface area (Å²) < 4.78 is 7.77. The molecule has 5 nitrogen and oxygen atoms in total. The minimum atomic E-state index is 0.776. The third kappa shape index (κ3) is 3.23. The fraction of sp³-hybridized carbons (Fsp3) is 0.571. The molecule has 0 spiro atoms.